The minimum atomic E-state index is -0.422. The summed E-state index contributed by atoms with van der Waals surface area (Å²) in [7, 11) is 0. The Kier molecular flexibility index (Phi) is 6.02. The zero-order valence-electron chi connectivity index (χ0n) is 6.89. The Morgan fingerprint density at radius 1 is 1.45 bits per heavy atom. The van der Waals surface area contributed by atoms with Crippen molar-refractivity contribution in [1.29, 1.82) is 0 Å². The fourth-order valence-electron chi connectivity index (χ4n) is 0.753. The standard InChI is InChI=1S/C7H16FN3/c1-7(2-3-8)4-11(5-9)6-10/h2H,3-6,9-10H2,1H3. The van der Waals surface area contributed by atoms with Crippen LogP contribution >= 0.6 is 0 Å². The van der Waals surface area contributed by atoms with Crippen LogP contribution in [-0.2, 0) is 0 Å². The number of nitrogens with zero attached hydrogens (tertiary/aromatic N) is 1. The Morgan fingerprint density at radius 3 is 2.36 bits per heavy atom. The molecule has 0 heterocycles. The summed E-state index contributed by atoms with van der Waals surface area (Å²) in [6, 6.07) is 0. The van der Waals surface area contributed by atoms with E-state index in [4.69, 9.17) is 11.5 Å². The first kappa shape index (κ1) is 10.6. The topological polar surface area (TPSA) is 55.3 Å². The predicted octanol–water partition coefficient (Wildman–Crippen LogP) is 0.0366. The van der Waals surface area contributed by atoms with Gasteiger partial charge in [-0.05, 0) is 6.92 Å². The van der Waals surface area contributed by atoms with E-state index in [0.29, 0.717) is 19.9 Å². The Hall–Kier alpha value is -0.450. The molecule has 0 saturated carbocycles. The molecule has 0 saturated heterocycles. The molecule has 0 aromatic carbocycles. The predicted molar refractivity (Wildman–Crippen MR) is 44.5 cm³/mol. The zero-order chi connectivity index (χ0) is 8.69. The summed E-state index contributed by atoms with van der Waals surface area (Å²) >= 11 is 0. The van der Waals surface area contributed by atoms with Gasteiger partial charge in [0.05, 0.1) is 0 Å². The van der Waals surface area contributed by atoms with Crippen LogP contribution in [0.5, 0.6) is 0 Å². The molecule has 0 radical (unpaired) electrons. The number of rotatable bonds is 5. The fourth-order valence-corrected chi connectivity index (χ4v) is 0.753. The van der Waals surface area contributed by atoms with E-state index in [1.54, 1.807) is 0 Å². The van der Waals surface area contributed by atoms with Gasteiger partial charge in [-0.1, -0.05) is 11.6 Å². The van der Waals surface area contributed by atoms with E-state index in [2.05, 4.69) is 0 Å². The maximum Gasteiger partial charge on any atom is 0.108 e. The lowest BCUT2D eigenvalue weighted by molar-refractivity contribution is 0.313. The number of allylic oxidation sites excluding steroid dienone is 1. The fraction of sp³-hybridized carbons (Fsp3) is 0.714. The van der Waals surface area contributed by atoms with Gasteiger partial charge < -0.3 is 11.5 Å². The molecule has 0 aromatic heterocycles. The van der Waals surface area contributed by atoms with Crippen LogP contribution in [0.1, 0.15) is 6.92 Å². The van der Waals surface area contributed by atoms with Crippen molar-refractivity contribution in [3.63, 3.8) is 0 Å². The lowest BCUT2D eigenvalue weighted by Gasteiger charge is -2.17. The SMILES string of the molecule is CC(=CCF)CN(CN)CN. The highest BCUT2D eigenvalue weighted by Gasteiger charge is 1.98. The van der Waals surface area contributed by atoms with E-state index in [0.717, 1.165) is 5.57 Å². The lowest BCUT2D eigenvalue weighted by Crippen LogP contribution is -2.36. The van der Waals surface area contributed by atoms with Crippen LogP contribution in [0, 0.1) is 0 Å². The van der Waals surface area contributed by atoms with E-state index >= 15 is 0 Å². The molecule has 0 atom stereocenters. The number of nitrogens with two attached hydrogens (primary N) is 2. The van der Waals surface area contributed by atoms with Gasteiger partial charge >= 0.3 is 0 Å². The number of hydrogen-bond acceptors (Lipinski definition) is 3. The molecular weight excluding hydrogens is 145 g/mol. The van der Waals surface area contributed by atoms with Crippen molar-refractivity contribution in [2.45, 2.75) is 6.92 Å². The summed E-state index contributed by atoms with van der Waals surface area (Å²) in [6.07, 6.45) is 1.53. The summed E-state index contributed by atoms with van der Waals surface area (Å²) in [4.78, 5) is 1.82. The van der Waals surface area contributed by atoms with Crippen LogP contribution in [0.3, 0.4) is 0 Å². The second-order valence-corrected chi connectivity index (χ2v) is 2.40. The molecule has 0 unspecified atom stereocenters. The van der Waals surface area contributed by atoms with Gasteiger partial charge in [-0.25, -0.2) is 4.39 Å². The minimum absolute atomic E-state index is 0.411. The molecule has 0 spiro atoms. The van der Waals surface area contributed by atoms with Crippen LogP contribution in [0.15, 0.2) is 11.6 Å². The Bertz CT molecular complexity index is 121. The summed E-state index contributed by atoms with van der Waals surface area (Å²) < 4.78 is 11.7. The van der Waals surface area contributed by atoms with Gasteiger partial charge in [0.1, 0.15) is 6.67 Å². The van der Waals surface area contributed by atoms with Crippen LogP contribution in [0.25, 0.3) is 0 Å². The second-order valence-electron chi connectivity index (χ2n) is 2.40. The van der Waals surface area contributed by atoms with Gasteiger partial charge in [0.25, 0.3) is 0 Å². The van der Waals surface area contributed by atoms with E-state index in [1.807, 2.05) is 11.8 Å². The second kappa shape index (κ2) is 6.27. The van der Waals surface area contributed by atoms with Crippen LogP contribution in [-0.4, -0.2) is 31.5 Å². The van der Waals surface area contributed by atoms with Gasteiger partial charge in [0, 0.05) is 19.9 Å². The van der Waals surface area contributed by atoms with Crippen LogP contribution in [0.4, 0.5) is 4.39 Å². The molecular formula is C7H16FN3. The molecule has 0 aromatic rings. The van der Waals surface area contributed by atoms with Crippen molar-refractivity contribution in [2.24, 2.45) is 11.5 Å². The first-order valence-electron chi connectivity index (χ1n) is 3.58. The van der Waals surface area contributed by atoms with E-state index in [-0.39, 0.29) is 0 Å². The normalized spacial score (nSPS) is 12.6. The van der Waals surface area contributed by atoms with Crippen LogP contribution < -0.4 is 11.5 Å². The van der Waals surface area contributed by atoms with Gasteiger partial charge in [-0.2, -0.15) is 0 Å². The minimum Gasteiger partial charge on any atom is -0.318 e. The van der Waals surface area contributed by atoms with Gasteiger partial charge in [0.15, 0.2) is 0 Å². The average molecular weight is 161 g/mol. The Labute approximate surface area is 66.8 Å². The highest BCUT2D eigenvalue weighted by Crippen LogP contribution is 1.95. The Balaban J connectivity index is 3.71. The average Bonchev–Trinajstić information content (AvgIpc) is 2.01. The molecule has 0 aliphatic carbocycles. The summed E-state index contributed by atoms with van der Waals surface area (Å²) in [5.41, 5.74) is 11.7. The highest BCUT2D eigenvalue weighted by atomic mass is 19.1. The molecule has 4 N–H and O–H groups in total. The monoisotopic (exact) mass is 161 g/mol. The Morgan fingerprint density at radius 2 is 2.00 bits per heavy atom. The van der Waals surface area contributed by atoms with Crippen LogP contribution in [0.2, 0.25) is 0 Å². The van der Waals surface area contributed by atoms with Crippen molar-refractivity contribution in [2.75, 3.05) is 26.6 Å². The zero-order valence-corrected chi connectivity index (χ0v) is 6.89. The smallest absolute Gasteiger partial charge is 0.108 e. The van der Waals surface area contributed by atoms with Crippen molar-refractivity contribution in [1.82, 2.24) is 4.90 Å². The van der Waals surface area contributed by atoms with Gasteiger partial charge in [0.2, 0.25) is 0 Å². The lowest BCUT2D eigenvalue weighted by atomic mass is 10.3. The molecule has 3 nitrogen and oxygen atoms in total. The number of hydrogen-bond donors (Lipinski definition) is 2. The molecule has 0 fully saturated rings. The van der Waals surface area contributed by atoms with Crippen molar-refractivity contribution >= 4 is 0 Å². The summed E-state index contributed by atoms with van der Waals surface area (Å²) in [5.74, 6) is 0. The molecule has 0 amide bonds. The van der Waals surface area contributed by atoms with E-state index in [9.17, 15) is 4.39 Å². The third-order valence-electron chi connectivity index (χ3n) is 1.42. The van der Waals surface area contributed by atoms with Gasteiger partial charge in [-0.15, -0.1) is 0 Å². The van der Waals surface area contributed by atoms with Crippen molar-refractivity contribution in [3.05, 3.63) is 11.6 Å². The van der Waals surface area contributed by atoms with Gasteiger partial charge in [-0.3, -0.25) is 4.90 Å². The molecule has 11 heavy (non-hydrogen) atoms. The maximum absolute atomic E-state index is 11.7. The van der Waals surface area contributed by atoms with E-state index < -0.39 is 6.67 Å². The third kappa shape index (κ3) is 4.89. The summed E-state index contributed by atoms with van der Waals surface area (Å²) in [6.45, 7) is 2.91. The highest BCUT2D eigenvalue weighted by molar-refractivity contribution is 5.00. The first-order valence-corrected chi connectivity index (χ1v) is 3.58. The van der Waals surface area contributed by atoms with E-state index in [1.165, 1.54) is 6.08 Å². The molecule has 0 aliphatic rings. The maximum atomic E-state index is 11.7. The number of halogens is 1. The molecule has 0 aliphatic heterocycles. The molecule has 4 heteroatoms. The largest absolute Gasteiger partial charge is 0.318 e. The third-order valence-corrected chi connectivity index (χ3v) is 1.42. The summed E-state index contributed by atoms with van der Waals surface area (Å²) in [5, 5.41) is 0. The molecule has 0 bridgehead atoms. The molecule has 0 rings (SSSR count). The molecule has 66 valence electrons. The van der Waals surface area contributed by atoms with Crippen molar-refractivity contribution < 1.29 is 4.39 Å². The number of alkyl halides is 1. The first-order chi connectivity index (χ1) is 5.24. The van der Waals surface area contributed by atoms with Crippen molar-refractivity contribution in [3.8, 4) is 0 Å². The quantitative estimate of drug-likeness (QED) is 0.442.